The van der Waals surface area contributed by atoms with Crippen LogP contribution in [0.1, 0.15) is 19.8 Å². The lowest BCUT2D eigenvalue weighted by Crippen LogP contribution is -2.17. The topological polar surface area (TPSA) is 52.6 Å². The predicted molar refractivity (Wildman–Crippen MR) is 77.8 cm³/mol. The van der Waals surface area contributed by atoms with Gasteiger partial charge in [-0.15, -0.1) is 0 Å². The molecule has 1 aromatic rings. The predicted octanol–water partition coefficient (Wildman–Crippen LogP) is 2.73. The van der Waals surface area contributed by atoms with E-state index in [0.717, 1.165) is 18.8 Å². The van der Waals surface area contributed by atoms with Crippen molar-refractivity contribution in [2.75, 3.05) is 29.9 Å². The summed E-state index contributed by atoms with van der Waals surface area (Å²) in [5.41, 5.74) is 2.64. The van der Waals surface area contributed by atoms with E-state index in [-0.39, 0.29) is 0 Å². The molecule has 1 aromatic carbocycles. The monoisotopic (exact) mass is 260 g/mol. The number of anilines is 2. The first-order valence-electron chi connectivity index (χ1n) is 6.66. The number of nitrogens with zero attached hydrogens (tertiary/aromatic N) is 1. The van der Waals surface area contributed by atoms with Gasteiger partial charge in [0.05, 0.1) is 0 Å². The van der Waals surface area contributed by atoms with Crippen LogP contribution in [0.15, 0.2) is 35.9 Å². The molecule has 0 aromatic heterocycles. The number of benzene rings is 1. The molecule has 1 aliphatic rings. The maximum absolute atomic E-state index is 10.6. The highest BCUT2D eigenvalue weighted by Gasteiger charge is 2.11. The Morgan fingerprint density at radius 1 is 1.32 bits per heavy atom. The number of carbonyl (C=O) groups is 1. The van der Waals surface area contributed by atoms with Crippen molar-refractivity contribution < 1.29 is 9.90 Å². The van der Waals surface area contributed by atoms with Crippen molar-refractivity contribution >= 4 is 17.3 Å². The molecule has 1 aliphatic heterocycles. The Hall–Kier alpha value is -1.97. The van der Waals surface area contributed by atoms with Crippen LogP contribution in [0.5, 0.6) is 0 Å². The normalized spacial score (nSPS) is 15.6. The zero-order valence-corrected chi connectivity index (χ0v) is 11.2. The molecule has 1 saturated heterocycles. The smallest absolute Gasteiger partial charge is 0.331 e. The fourth-order valence-corrected chi connectivity index (χ4v) is 2.17. The molecule has 4 nitrogen and oxygen atoms in total. The Morgan fingerprint density at radius 2 is 1.95 bits per heavy atom. The number of hydrogen-bond donors (Lipinski definition) is 2. The van der Waals surface area contributed by atoms with Gasteiger partial charge in [-0.1, -0.05) is 6.08 Å². The second-order valence-corrected chi connectivity index (χ2v) is 4.81. The summed E-state index contributed by atoms with van der Waals surface area (Å²) >= 11 is 0. The van der Waals surface area contributed by atoms with E-state index in [1.165, 1.54) is 18.5 Å². The molecule has 19 heavy (non-hydrogen) atoms. The fraction of sp³-hybridized carbons (Fsp3) is 0.400. The van der Waals surface area contributed by atoms with Gasteiger partial charge in [0.15, 0.2) is 0 Å². The molecule has 2 rings (SSSR count). The lowest BCUT2D eigenvalue weighted by molar-refractivity contribution is -0.132. The third-order valence-corrected chi connectivity index (χ3v) is 3.39. The zero-order chi connectivity index (χ0) is 13.7. The van der Waals surface area contributed by atoms with Crippen LogP contribution in [-0.4, -0.2) is 30.7 Å². The summed E-state index contributed by atoms with van der Waals surface area (Å²) in [6.07, 6.45) is 4.23. The van der Waals surface area contributed by atoms with Crippen molar-refractivity contribution in [1.29, 1.82) is 0 Å². The Bertz CT molecular complexity index is 460. The van der Waals surface area contributed by atoms with E-state index in [4.69, 9.17) is 5.11 Å². The van der Waals surface area contributed by atoms with Crippen molar-refractivity contribution in [3.05, 3.63) is 35.9 Å². The highest BCUT2D eigenvalue weighted by Crippen LogP contribution is 2.21. The fourth-order valence-electron chi connectivity index (χ4n) is 2.17. The number of nitrogens with one attached hydrogen (secondary N) is 1. The Labute approximate surface area is 113 Å². The summed E-state index contributed by atoms with van der Waals surface area (Å²) in [5, 5.41) is 11.9. The van der Waals surface area contributed by atoms with Crippen LogP contribution in [0.4, 0.5) is 11.4 Å². The minimum Gasteiger partial charge on any atom is -0.478 e. The molecule has 1 heterocycles. The van der Waals surface area contributed by atoms with Crippen LogP contribution >= 0.6 is 0 Å². The molecule has 0 unspecified atom stereocenters. The van der Waals surface area contributed by atoms with Gasteiger partial charge >= 0.3 is 5.97 Å². The van der Waals surface area contributed by atoms with Crippen molar-refractivity contribution in [1.82, 2.24) is 0 Å². The third-order valence-electron chi connectivity index (χ3n) is 3.39. The van der Waals surface area contributed by atoms with E-state index in [2.05, 4.69) is 22.3 Å². The van der Waals surface area contributed by atoms with Gasteiger partial charge in [0.1, 0.15) is 0 Å². The Kier molecular flexibility index (Phi) is 4.44. The van der Waals surface area contributed by atoms with Crippen LogP contribution in [0.3, 0.4) is 0 Å². The van der Waals surface area contributed by atoms with Crippen LogP contribution in [0, 0.1) is 0 Å². The molecular formula is C15H20N2O2. The summed E-state index contributed by atoms with van der Waals surface area (Å²) in [7, 11) is 0. The second-order valence-electron chi connectivity index (χ2n) is 4.81. The average Bonchev–Trinajstić information content (AvgIpc) is 2.93. The molecule has 0 saturated carbocycles. The van der Waals surface area contributed by atoms with Crippen LogP contribution in [0.2, 0.25) is 0 Å². The lowest BCUT2D eigenvalue weighted by atomic mass is 10.2. The summed E-state index contributed by atoms with van der Waals surface area (Å²) in [4.78, 5) is 13.0. The van der Waals surface area contributed by atoms with Crippen molar-refractivity contribution in [2.45, 2.75) is 19.8 Å². The van der Waals surface area contributed by atoms with E-state index in [1.54, 1.807) is 13.0 Å². The molecule has 0 bridgehead atoms. The number of hydrogen-bond acceptors (Lipinski definition) is 3. The number of carboxylic acids is 1. The molecule has 0 radical (unpaired) electrons. The molecular weight excluding hydrogens is 240 g/mol. The minimum absolute atomic E-state index is 0.362. The standard InChI is InChI=1S/C15H20N2O2/c1-12(15(18)19)8-9-16-13-4-6-14(7-5-13)17-10-2-3-11-17/h4-8,16H,2-3,9-11H2,1H3,(H,18,19)/b12-8-. The van der Waals surface area contributed by atoms with Gasteiger partial charge in [-0.25, -0.2) is 4.79 Å². The molecule has 4 heteroatoms. The van der Waals surface area contributed by atoms with E-state index in [0.29, 0.717) is 12.1 Å². The SMILES string of the molecule is C/C(=C/CNc1ccc(N2CCCC2)cc1)C(=O)O. The summed E-state index contributed by atoms with van der Waals surface area (Å²) in [5.74, 6) is -0.869. The summed E-state index contributed by atoms with van der Waals surface area (Å²) in [6.45, 7) is 4.42. The lowest BCUT2D eigenvalue weighted by Gasteiger charge is -2.17. The molecule has 0 atom stereocenters. The van der Waals surface area contributed by atoms with Gasteiger partial charge in [-0.05, 0) is 44.0 Å². The Morgan fingerprint density at radius 3 is 2.53 bits per heavy atom. The minimum atomic E-state index is -0.869. The van der Waals surface area contributed by atoms with E-state index in [1.807, 2.05) is 12.1 Å². The number of aliphatic carboxylic acids is 1. The molecule has 1 fully saturated rings. The van der Waals surface area contributed by atoms with Gasteiger partial charge < -0.3 is 15.3 Å². The highest BCUT2D eigenvalue weighted by atomic mass is 16.4. The van der Waals surface area contributed by atoms with Crippen molar-refractivity contribution in [3.8, 4) is 0 Å². The van der Waals surface area contributed by atoms with Gasteiger partial charge in [0.2, 0.25) is 0 Å². The first-order chi connectivity index (χ1) is 9.16. The first-order valence-corrected chi connectivity index (χ1v) is 6.66. The molecule has 0 aliphatic carbocycles. The second kappa shape index (κ2) is 6.27. The maximum Gasteiger partial charge on any atom is 0.331 e. The van der Waals surface area contributed by atoms with Gasteiger partial charge in [-0.3, -0.25) is 0 Å². The van der Waals surface area contributed by atoms with Crippen LogP contribution in [-0.2, 0) is 4.79 Å². The summed E-state index contributed by atoms with van der Waals surface area (Å²) < 4.78 is 0. The molecule has 2 N–H and O–H groups in total. The third kappa shape index (κ3) is 3.74. The highest BCUT2D eigenvalue weighted by molar-refractivity contribution is 5.85. The van der Waals surface area contributed by atoms with Gasteiger partial charge in [-0.2, -0.15) is 0 Å². The number of rotatable bonds is 5. The van der Waals surface area contributed by atoms with Crippen LogP contribution < -0.4 is 10.2 Å². The first kappa shape index (κ1) is 13.5. The maximum atomic E-state index is 10.6. The van der Waals surface area contributed by atoms with Gasteiger partial charge in [0, 0.05) is 36.6 Å². The Balaban J connectivity index is 1.88. The number of carboxylic acid groups (broad SMARTS) is 1. The van der Waals surface area contributed by atoms with Crippen LogP contribution in [0.25, 0.3) is 0 Å². The molecule has 0 spiro atoms. The van der Waals surface area contributed by atoms with E-state index < -0.39 is 5.97 Å². The molecule has 102 valence electrons. The summed E-state index contributed by atoms with van der Waals surface area (Å²) in [6, 6.07) is 8.30. The van der Waals surface area contributed by atoms with Crippen molar-refractivity contribution in [3.63, 3.8) is 0 Å². The average molecular weight is 260 g/mol. The quantitative estimate of drug-likeness (QED) is 0.799. The van der Waals surface area contributed by atoms with Gasteiger partial charge in [0.25, 0.3) is 0 Å². The van der Waals surface area contributed by atoms with E-state index in [9.17, 15) is 4.79 Å². The largest absolute Gasteiger partial charge is 0.478 e. The van der Waals surface area contributed by atoms with Crippen molar-refractivity contribution in [2.24, 2.45) is 0 Å². The zero-order valence-electron chi connectivity index (χ0n) is 11.2. The molecule has 0 amide bonds. The van der Waals surface area contributed by atoms with E-state index >= 15 is 0 Å².